The largest absolute Gasteiger partial charge is 0.287 e. The van der Waals surface area contributed by atoms with Gasteiger partial charge in [-0.25, -0.2) is 0 Å². The number of sulfonamides is 1. The molecular weight excluding hydrogens is 380 g/mol. The normalized spacial score (nSPS) is 23.3. The Morgan fingerprint density at radius 2 is 1.81 bits per heavy atom. The van der Waals surface area contributed by atoms with Crippen molar-refractivity contribution in [1.82, 2.24) is 4.90 Å². The smallest absolute Gasteiger partial charge is 0.284 e. The second-order valence-corrected chi connectivity index (χ2v) is 10.2. The summed E-state index contributed by atoms with van der Waals surface area (Å²) in [6, 6.07) is 6.77. The molecule has 1 aliphatic carbocycles. The number of aryl methyl sites for hydroxylation is 1. The van der Waals surface area contributed by atoms with E-state index >= 15 is 0 Å². The average molecular weight is 409 g/mol. The van der Waals surface area contributed by atoms with Crippen LogP contribution in [0.5, 0.6) is 0 Å². The van der Waals surface area contributed by atoms with Crippen LogP contribution >= 0.6 is 11.8 Å². The van der Waals surface area contributed by atoms with Crippen LogP contribution in [0.15, 0.2) is 33.6 Å². The number of carbonyl (C=O) groups excluding carboxylic acids is 1. The zero-order chi connectivity index (χ0) is 19.4. The third-order valence-corrected chi connectivity index (χ3v) is 7.86. The van der Waals surface area contributed by atoms with Gasteiger partial charge in [-0.3, -0.25) is 9.69 Å². The van der Waals surface area contributed by atoms with Crippen LogP contribution in [0.3, 0.4) is 0 Å². The van der Waals surface area contributed by atoms with Gasteiger partial charge in [-0.2, -0.15) is 8.42 Å². The highest BCUT2D eigenvalue weighted by atomic mass is 32.2. The van der Waals surface area contributed by atoms with E-state index in [0.29, 0.717) is 5.17 Å². The van der Waals surface area contributed by atoms with Crippen molar-refractivity contribution in [2.45, 2.75) is 81.4 Å². The van der Waals surface area contributed by atoms with E-state index in [-0.39, 0.29) is 22.1 Å². The Bertz CT molecular complexity index is 797. The van der Waals surface area contributed by atoms with Crippen molar-refractivity contribution in [2.75, 3.05) is 0 Å². The Morgan fingerprint density at radius 1 is 1.15 bits per heavy atom. The standard InChI is InChI=1S/C20H28N2O3S2/c1-3-4-10-18-19(23)22(16-8-6-5-7-9-16)20(26-18)21-27(24,25)17-13-11-15(2)12-14-17/h11-14,16,18H,3-10H2,1-2H3. The lowest BCUT2D eigenvalue weighted by Crippen LogP contribution is -2.42. The van der Waals surface area contributed by atoms with Gasteiger partial charge in [-0.1, -0.05) is 68.5 Å². The third-order valence-electron chi connectivity index (χ3n) is 5.24. The predicted octanol–water partition coefficient (Wildman–Crippen LogP) is 4.51. The SMILES string of the molecule is CCCCC1SC(=NS(=O)(=O)c2ccc(C)cc2)N(C2CCCCC2)C1=O. The van der Waals surface area contributed by atoms with E-state index in [1.54, 1.807) is 29.2 Å². The van der Waals surface area contributed by atoms with Crippen LogP contribution in [0.4, 0.5) is 0 Å². The Hall–Kier alpha value is -1.34. The molecule has 0 radical (unpaired) electrons. The van der Waals surface area contributed by atoms with E-state index in [9.17, 15) is 13.2 Å². The molecule has 1 aromatic rings. The van der Waals surface area contributed by atoms with E-state index in [4.69, 9.17) is 0 Å². The number of amides is 1. The molecule has 0 spiro atoms. The summed E-state index contributed by atoms with van der Waals surface area (Å²) < 4.78 is 29.8. The zero-order valence-corrected chi connectivity index (χ0v) is 17.7. The highest BCUT2D eigenvalue weighted by Gasteiger charge is 2.42. The molecule has 1 atom stereocenters. The van der Waals surface area contributed by atoms with Crippen LogP contribution in [-0.2, 0) is 14.8 Å². The molecule has 2 fully saturated rings. The summed E-state index contributed by atoms with van der Waals surface area (Å²) in [5.41, 5.74) is 0.996. The van der Waals surface area contributed by atoms with Crippen LogP contribution in [-0.4, -0.2) is 35.7 Å². The van der Waals surface area contributed by atoms with E-state index in [0.717, 1.165) is 50.5 Å². The van der Waals surface area contributed by atoms with Gasteiger partial charge in [-0.05, 0) is 38.3 Å². The molecule has 27 heavy (non-hydrogen) atoms. The van der Waals surface area contributed by atoms with Crippen LogP contribution < -0.4 is 0 Å². The second kappa shape index (κ2) is 8.78. The van der Waals surface area contributed by atoms with E-state index in [2.05, 4.69) is 11.3 Å². The number of hydrogen-bond donors (Lipinski definition) is 0. The lowest BCUT2D eigenvalue weighted by molar-refractivity contribution is -0.128. The van der Waals surface area contributed by atoms with Gasteiger partial charge in [-0.15, -0.1) is 4.40 Å². The number of carbonyl (C=O) groups is 1. The maximum absolute atomic E-state index is 13.0. The minimum Gasteiger partial charge on any atom is -0.287 e. The lowest BCUT2D eigenvalue weighted by atomic mass is 9.94. The fourth-order valence-corrected chi connectivity index (χ4v) is 6.11. The molecule has 0 bridgehead atoms. The van der Waals surface area contributed by atoms with Crippen LogP contribution in [0.1, 0.15) is 63.9 Å². The molecule has 1 heterocycles. The van der Waals surface area contributed by atoms with Crippen molar-refractivity contribution in [2.24, 2.45) is 4.40 Å². The molecule has 5 nitrogen and oxygen atoms in total. The fourth-order valence-electron chi connectivity index (χ4n) is 3.66. The Labute approximate surface area is 166 Å². The van der Waals surface area contributed by atoms with Gasteiger partial charge in [0.15, 0.2) is 5.17 Å². The van der Waals surface area contributed by atoms with E-state index in [1.807, 2.05) is 6.92 Å². The summed E-state index contributed by atoms with van der Waals surface area (Å²) in [5, 5.41) is 0.160. The number of thioether (sulfide) groups is 1. The van der Waals surface area contributed by atoms with Crippen molar-refractivity contribution in [3.8, 4) is 0 Å². The average Bonchev–Trinajstić information content (AvgIpc) is 2.95. The molecule has 148 valence electrons. The lowest BCUT2D eigenvalue weighted by Gasteiger charge is -2.30. The fraction of sp³-hybridized carbons (Fsp3) is 0.600. The minimum absolute atomic E-state index is 0.0400. The Morgan fingerprint density at radius 3 is 2.44 bits per heavy atom. The predicted molar refractivity (Wildman–Crippen MR) is 110 cm³/mol. The van der Waals surface area contributed by atoms with Gasteiger partial charge in [0.2, 0.25) is 5.91 Å². The highest BCUT2D eigenvalue weighted by Crippen LogP contribution is 2.36. The first-order valence-electron chi connectivity index (χ1n) is 9.83. The second-order valence-electron chi connectivity index (χ2n) is 7.41. The number of unbranched alkanes of at least 4 members (excludes halogenated alkanes) is 1. The van der Waals surface area contributed by atoms with E-state index < -0.39 is 10.0 Å². The minimum atomic E-state index is -3.83. The Kier molecular flexibility index (Phi) is 6.63. The summed E-state index contributed by atoms with van der Waals surface area (Å²) in [7, 11) is -3.83. The summed E-state index contributed by atoms with van der Waals surface area (Å²) in [5.74, 6) is 0.0400. The van der Waals surface area contributed by atoms with Crippen molar-refractivity contribution in [3.05, 3.63) is 29.8 Å². The van der Waals surface area contributed by atoms with Crippen molar-refractivity contribution >= 4 is 32.9 Å². The molecule has 1 unspecified atom stereocenters. The van der Waals surface area contributed by atoms with Crippen LogP contribution in [0, 0.1) is 6.92 Å². The van der Waals surface area contributed by atoms with Gasteiger partial charge < -0.3 is 0 Å². The van der Waals surface area contributed by atoms with Gasteiger partial charge in [0.25, 0.3) is 10.0 Å². The maximum Gasteiger partial charge on any atom is 0.284 e. The van der Waals surface area contributed by atoms with Gasteiger partial charge in [0.05, 0.1) is 10.1 Å². The van der Waals surface area contributed by atoms with E-state index in [1.165, 1.54) is 18.2 Å². The molecule has 0 N–H and O–H groups in total. The third kappa shape index (κ3) is 4.74. The first-order chi connectivity index (χ1) is 12.9. The Balaban J connectivity index is 1.92. The number of hydrogen-bond acceptors (Lipinski definition) is 4. The zero-order valence-electron chi connectivity index (χ0n) is 16.1. The topological polar surface area (TPSA) is 66.8 Å². The molecule has 7 heteroatoms. The molecule has 1 saturated heterocycles. The maximum atomic E-state index is 13.0. The van der Waals surface area contributed by atoms with Crippen LogP contribution in [0.25, 0.3) is 0 Å². The van der Waals surface area contributed by atoms with Crippen LogP contribution in [0.2, 0.25) is 0 Å². The summed E-state index contributed by atoms with van der Waals surface area (Å²) in [6.45, 7) is 4.01. The molecule has 0 aromatic heterocycles. The van der Waals surface area contributed by atoms with Gasteiger partial charge >= 0.3 is 0 Å². The summed E-state index contributed by atoms with van der Waals surface area (Å²) in [4.78, 5) is 14.9. The van der Waals surface area contributed by atoms with Gasteiger partial charge in [0, 0.05) is 6.04 Å². The monoisotopic (exact) mass is 408 g/mol. The van der Waals surface area contributed by atoms with Crippen molar-refractivity contribution in [1.29, 1.82) is 0 Å². The molecule has 1 saturated carbocycles. The molecule has 1 aliphatic heterocycles. The number of rotatable bonds is 6. The quantitative estimate of drug-likeness (QED) is 0.695. The number of amidine groups is 1. The first-order valence-corrected chi connectivity index (χ1v) is 12.2. The molecule has 2 aliphatic rings. The molecule has 3 rings (SSSR count). The molecular formula is C20H28N2O3S2. The van der Waals surface area contributed by atoms with Crippen molar-refractivity contribution in [3.63, 3.8) is 0 Å². The highest BCUT2D eigenvalue weighted by molar-refractivity contribution is 8.16. The van der Waals surface area contributed by atoms with Crippen molar-refractivity contribution < 1.29 is 13.2 Å². The molecule has 1 amide bonds. The first kappa shape index (κ1) is 20.4. The number of nitrogens with zero attached hydrogens (tertiary/aromatic N) is 2. The summed E-state index contributed by atoms with van der Waals surface area (Å²) in [6.07, 6.45) is 7.94. The number of benzene rings is 1. The summed E-state index contributed by atoms with van der Waals surface area (Å²) >= 11 is 1.33. The molecule has 1 aromatic carbocycles. The van der Waals surface area contributed by atoms with Gasteiger partial charge in [0.1, 0.15) is 0 Å².